The number of hydrogen-bond donors (Lipinski definition) is 0. The van der Waals surface area contributed by atoms with Crippen LogP contribution in [0.4, 0.5) is 0 Å². The van der Waals surface area contributed by atoms with Crippen molar-refractivity contribution in [2.24, 2.45) is 0 Å². The van der Waals surface area contributed by atoms with Gasteiger partial charge in [-0.3, -0.25) is 9.59 Å². The van der Waals surface area contributed by atoms with Crippen LogP contribution in [0.25, 0.3) is 0 Å². The highest BCUT2D eigenvalue weighted by Crippen LogP contribution is 2.40. The second kappa shape index (κ2) is 8.87. The highest BCUT2D eigenvalue weighted by atomic mass is 16.6. The fourth-order valence-electron chi connectivity index (χ4n) is 2.09. The van der Waals surface area contributed by atoms with Crippen molar-refractivity contribution < 1.29 is 33.3 Å². The van der Waals surface area contributed by atoms with E-state index >= 15 is 0 Å². The molecular formula is C16H22O7. The molecule has 0 unspecified atom stereocenters. The summed E-state index contributed by atoms with van der Waals surface area (Å²) in [6.45, 7) is 3.63. The normalized spacial score (nSPS) is 10.2. The van der Waals surface area contributed by atoms with Gasteiger partial charge in [-0.1, -0.05) is 0 Å². The molecule has 0 fully saturated rings. The van der Waals surface area contributed by atoms with E-state index in [-0.39, 0.29) is 13.2 Å². The van der Waals surface area contributed by atoms with Crippen LogP contribution in [0.1, 0.15) is 25.3 Å². The maximum absolute atomic E-state index is 12.2. The SMILES string of the molecule is CCOC(=O)C(C(=O)OCC)c1cc(OC)c(OC)c(OC)c1. The van der Waals surface area contributed by atoms with Gasteiger partial charge < -0.3 is 23.7 Å². The average Bonchev–Trinajstić information content (AvgIpc) is 2.54. The number of hydrogen-bond acceptors (Lipinski definition) is 7. The smallest absolute Gasteiger partial charge is 0.324 e. The molecule has 0 radical (unpaired) electrons. The molecule has 0 aliphatic carbocycles. The van der Waals surface area contributed by atoms with E-state index in [0.29, 0.717) is 22.8 Å². The van der Waals surface area contributed by atoms with Crippen molar-refractivity contribution in [1.29, 1.82) is 0 Å². The third-order valence-electron chi connectivity index (χ3n) is 3.06. The van der Waals surface area contributed by atoms with Crippen LogP contribution in [0, 0.1) is 0 Å². The van der Waals surface area contributed by atoms with Crippen LogP contribution in [0.15, 0.2) is 12.1 Å². The molecule has 0 aliphatic rings. The maximum Gasteiger partial charge on any atom is 0.324 e. The lowest BCUT2D eigenvalue weighted by molar-refractivity contribution is -0.156. The molecule has 0 heterocycles. The zero-order valence-electron chi connectivity index (χ0n) is 14.0. The molecule has 7 heteroatoms. The number of ether oxygens (including phenoxy) is 5. The largest absolute Gasteiger partial charge is 0.493 e. The highest BCUT2D eigenvalue weighted by Gasteiger charge is 2.33. The predicted octanol–water partition coefficient (Wildman–Crippen LogP) is 1.92. The van der Waals surface area contributed by atoms with Crippen molar-refractivity contribution in [3.8, 4) is 17.2 Å². The van der Waals surface area contributed by atoms with Gasteiger partial charge in [-0.15, -0.1) is 0 Å². The molecule has 0 N–H and O–H groups in total. The van der Waals surface area contributed by atoms with Gasteiger partial charge in [0.1, 0.15) is 0 Å². The average molecular weight is 326 g/mol. The molecular weight excluding hydrogens is 304 g/mol. The van der Waals surface area contributed by atoms with Gasteiger partial charge in [0.2, 0.25) is 5.75 Å². The van der Waals surface area contributed by atoms with Crippen LogP contribution in [-0.4, -0.2) is 46.5 Å². The topological polar surface area (TPSA) is 80.3 Å². The highest BCUT2D eigenvalue weighted by molar-refractivity contribution is 6.01. The first-order chi connectivity index (χ1) is 11.0. The summed E-state index contributed by atoms with van der Waals surface area (Å²) in [4.78, 5) is 24.4. The minimum Gasteiger partial charge on any atom is -0.493 e. The molecule has 0 amide bonds. The molecule has 1 aromatic carbocycles. The summed E-state index contributed by atoms with van der Waals surface area (Å²) < 4.78 is 25.7. The summed E-state index contributed by atoms with van der Waals surface area (Å²) in [6.07, 6.45) is 0. The van der Waals surface area contributed by atoms with E-state index in [0.717, 1.165) is 0 Å². The lowest BCUT2D eigenvalue weighted by Gasteiger charge is -2.18. The van der Waals surface area contributed by atoms with E-state index in [1.54, 1.807) is 13.8 Å². The summed E-state index contributed by atoms with van der Waals surface area (Å²) in [5.41, 5.74) is 0.344. The molecule has 0 saturated carbocycles. The van der Waals surface area contributed by atoms with E-state index in [9.17, 15) is 9.59 Å². The molecule has 0 spiro atoms. The van der Waals surface area contributed by atoms with Crippen LogP contribution < -0.4 is 14.2 Å². The summed E-state index contributed by atoms with van der Waals surface area (Å²) in [6, 6.07) is 3.06. The zero-order chi connectivity index (χ0) is 17.4. The van der Waals surface area contributed by atoms with Gasteiger partial charge >= 0.3 is 11.9 Å². The second-order valence-corrected chi connectivity index (χ2v) is 4.40. The summed E-state index contributed by atoms with van der Waals surface area (Å²) in [5.74, 6) is -1.57. The van der Waals surface area contributed by atoms with Gasteiger partial charge in [0, 0.05) is 0 Å². The predicted molar refractivity (Wildman–Crippen MR) is 82.1 cm³/mol. The molecule has 128 valence electrons. The van der Waals surface area contributed by atoms with Gasteiger partial charge in [0.15, 0.2) is 17.4 Å². The fourth-order valence-corrected chi connectivity index (χ4v) is 2.09. The summed E-state index contributed by atoms with van der Waals surface area (Å²) >= 11 is 0. The number of methoxy groups -OCH3 is 3. The minimum atomic E-state index is -1.22. The molecule has 23 heavy (non-hydrogen) atoms. The number of carbonyl (C=O) groups is 2. The van der Waals surface area contributed by atoms with Gasteiger partial charge in [0.25, 0.3) is 0 Å². The first-order valence-corrected chi connectivity index (χ1v) is 7.17. The number of benzene rings is 1. The number of esters is 2. The van der Waals surface area contributed by atoms with Crippen molar-refractivity contribution in [1.82, 2.24) is 0 Å². The van der Waals surface area contributed by atoms with Gasteiger partial charge in [-0.2, -0.15) is 0 Å². The van der Waals surface area contributed by atoms with E-state index in [4.69, 9.17) is 23.7 Å². The standard InChI is InChI=1S/C16H22O7/c1-6-22-15(17)13(16(18)23-7-2)10-8-11(19-3)14(21-5)12(9-10)20-4/h8-9,13H,6-7H2,1-5H3. The van der Waals surface area contributed by atoms with Crippen LogP contribution in [-0.2, 0) is 19.1 Å². The van der Waals surface area contributed by atoms with Crippen LogP contribution >= 0.6 is 0 Å². The van der Waals surface area contributed by atoms with Gasteiger partial charge in [-0.05, 0) is 31.5 Å². The second-order valence-electron chi connectivity index (χ2n) is 4.40. The lowest BCUT2D eigenvalue weighted by atomic mass is 9.98. The Kier molecular flexibility index (Phi) is 7.18. The van der Waals surface area contributed by atoms with Crippen molar-refractivity contribution in [2.75, 3.05) is 34.5 Å². The fraction of sp³-hybridized carbons (Fsp3) is 0.500. The molecule has 0 atom stereocenters. The number of rotatable bonds is 8. The van der Waals surface area contributed by atoms with E-state index in [1.807, 2.05) is 0 Å². The molecule has 0 bridgehead atoms. The van der Waals surface area contributed by atoms with Gasteiger partial charge in [-0.25, -0.2) is 0 Å². The Labute approximate surface area is 135 Å². The minimum absolute atomic E-state index is 0.152. The van der Waals surface area contributed by atoms with Gasteiger partial charge in [0.05, 0.1) is 34.5 Å². The lowest BCUT2D eigenvalue weighted by Crippen LogP contribution is -2.26. The molecule has 0 aliphatic heterocycles. The first kappa shape index (κ1) is 18.6. The number of carbonyl (C=O) groups excluding carboxylic acids is 2. The molecule has 7 nitrogen and oxygen atoms in total. The van der Waals surface area contributed by atoms with Crippen LogP contribution in [0.5, 0.6) is 17.2 Å². The molecule has 1 aromatic rings. The van der Waals surface area contributed by atoms with Crippen molar-refractivity contribution >= 4 is 11.9 Å². The third kappa shape index (κ3) is 4.28. The molecule has 0 aromatic heterocycles. The maximum atomic E-state index is 12.2. The third-order valence-corrected chi connectivity index (χ3v) is 3.06. The van der Waals surface area contributed by atoms with Crippen molar-refractivity contribution in [2.45, 2.75) is 19.8 Å². The van der Waals surface area contributed by atoms with E-state index in [2.05, 4.69) is 0 Å². The Morgan fingerprint density at radius 3 is 1.61 bits per heavy atom. The van der Waals surface area contributed by atoms with Crippen LogP contribution in [0.2, 0.25) is 0 Å². The van der Waals surface area contributed by atoms with Crippen molar-refractivity contribution in [3.63, 3.8) is 0 Å². The zero-order valence-corrected chi connectivity index (χ0v) is 14.0. The molecule has 0 saturated heterocycles. The Hall–Kier alpha value is -2.44. The Bertz CT molecular complexity index is 510. The summed E-state index contributed by atoms with van der Waals surface area (Å²) in [5, 5.41) is 0. The van der Waals surface area contributed by atoms with E-state index in [1.165, 1.54) is 33.5 Å². The monoisotopic (exact) mass is 326 g/mol. The Morgan fingerprint density at radius 2 is 1.30 bits per heavy atom. The van der Waals surface area contributed by atoms with E-state index < -0.39 is 17.9 Å². The molecule has 1 rings (SSSR count). The summed E-state index contributed by atoms with van der Waals surface area (Å²) in [7, 11) is 4.36. The quantitative estimate of drug-likeness (QED) is 0.533. The van der Waals surface area contributed by atoms with Crippen LogP contribution in [0.3, 0.4) is 0 Å². The van der Waals surface area contributed by atoms with Crippen molar-refractivity contribution in [3.05, 3.63) is 17.7 Å². The first-order valence-electron chi connectivity index (χ1n) is 7.17. The Morgan fingerprint density at radius 1 is 0.870 bits per heavy atom. The Balaban J connectivity index is 3.40.